The van der Waals surface area contributed by atoms with Crippen molar-refractivity contribution < 1.29 is 4.79 Å². The number of carbonyl (C=O) groups is 1. The lowest BCUT2D eigenvalue weighted by molar-refractivity contribution is -0.124. The molecule has 2 unspecified atom stereocenters. The molecule has 4 heteroatoms. The topological polar surface area (TPSA) is 58.7 Å². The van der Waals surface area contributed by atoms with Crippen molar-refractivity contribution in [1.82, 2.24) is 4.90 Å². The highest BCUT2D eigenvalue weighted by molar-refractivity contribution is 6.05. The third-order valence-electron chi connectivity index (χ3n) is 6.19. The van der Waals surface area contributed by atoms with Crippen LogP contribution in [0.3, 0.4) is 0 Å². The quantitative estimate of drug-likeness (QED) is 0.463. The number of amides is 1. The van der Waals surface area contributed by atoms with E-state index in [0.29, 0.717) is 6.54 Å². The fraction of sp³-hybridized carbons (Fsp3) is 0.103. The molecule has 1 aliphatic rings. The lowest BCUT2D eigenvalue weighted by Gasteiger charge is -2.36. The molecule has 162 valence electrons. The van der Waals surface area contributed by atoms with Crippen LogP contribution in [-0.4, -0.2) is 16.6 Å². The maximum Gasteiger partial charge on any atom is 0.252 e. The summed E-state index contributed by atoms with van der Waals surface area (Å²) in [6, 6.07) is 39.6. The first-order valence-corrected chi connectivity index (χ1v) is 11.1. The summed E-state index contributed by atoms with van der Waals surface area (Å²) in [5, 5.41) is 0. The first-order chi connectivity index (χ1) is 16.2. The van der Waals surface area contributed by atoms with Crippen molar-refractivity contribution in [3.63, 3.8) is 0 Å². The van der Waals surface area contributed by atoms with Crippen molar-refractivity contribution >= 4 is 11.7 Å². The monoisotopic (exact) mass is 431 g/mol. The van der Waals surface area contributed by atoms with Gasteiger partial charge in [0.05, 0.1) is 6.04 Å². The molecule has 0 aliphatic carbocycles. The molecule has 1 amide bonds. The van der Waals surface area contributed by atoms with Crippen molar-refractivity contribution in [2.45, 2.75) is 18.1 Å². The summed E-state index contributed by atoms with van der Waals surface area (Å²) in [5.74, 6) is 0.294. The SMILES string of the molecule is NC(=O)C1(c2ccccc2)N=C(c2ccccc2)N(Cc2ccccc2)C1c1ccccc1. The fourth-order valence-electron chi connectivity index (χ4n) is 4.71. The van der Waals surface area contributed by atoms with Crippen LogP contribution >= 0.6 is 0 Å². The van der Waals surface area contributed by atoms with E-state index in [1.807, 2.05) is 109 Å². The van der Waals surface area contributed by atoms with Crippen LogP contribution in [0.15, 0.2) is 126 Å². The second-order valence-electron chi connectivity index (χ2n) is 8.22. The Balaban J connectivity index is 1.78. The molecular weight excluding hydrogens is 406 g/mol. The van der Waals surface area contributed by atoms with Gasteiger partial charge in [0, 0.05) is 12.1 Å². The number of aliphatic imine (C=N–C) groups is 1. The first-order valence-electron chi connectivity index (χ1n) is 11.1. The minimum Gasteiger partial charge on any atom is -0.367 e. The van der Waals surface area contributed by atoms with E-state index in [1.165, 1.54) is 0 Å². The molecule has 5 rings (SSSR count). The van der Waals surface area contributed by atoms with Crippen LogP contribution in [0, 0.1) is 0 Å². The number of rotatable bonds is 6. The highest BCUT2D eigenvalue weighted by Gasteiger charge is 2.55. The molecule has 4 aromatic rings. The number of hydrogen-bond acceptors (Lipinski definition) is 3. The molecule has 0 spiro atoms. The molecule has 0 saturated heterocycles. The standard InChI is InChI=1S/C29H25N3O/c30-28(33)29(25-19-11-4-12-20-25)26(23-15-7-2-8-16-23)32(21-22-13-5-1-6-14-22)27(31-29)24-17-9-3-10-18-24/h1-20,26H,21H2,(H2,30,33). The van der Waals surface area contributed by atoms with Crippen molar-refractivity contribution in [2.75, 3.05) is 0 Å². The number of hydrogen-bond donors (Lipinski definition) is 1. The molecular formula is C29H25N3O. The van der Waals surface area contributed by atoms with Crippen molar-refractivity contribution in [3.05, 3.63) is 144 Å². The van der Waals surface area contributed by atoms with Gasteiger partial charge in [0.2, 0.25) is 0 Å². The predicted molar refractivity (Wildman–Crippen MR) is 131 cm³/mol. The molecule has 4 aromatic carbocycles. The van der Waals surface area contributed by atoms with E-state index in [4.69, 9.17) is 10.7 Å². The molecule has 2 N–H and O–H groups in total. The second-order valence-corrected chi connectivity index (χ2v) is 8.22. The van der Waals surface area contributed by atoms with Crippen LogP contribution in [0.4, 0.5) is 0 Å². The Kier molecular flexibility index (Phi) is 5.49. The summed E-state index contributed by atoms with van der Waals surface area (Å²) in [4.78, 5) is 20.8. The van der Waals surface area contributed by atoms with E-state index >= 15 is 0 Å². The van der Waals surface area contributed by atoms with Gasteiger partial charge >= 0.3 is 0 Å². The average molecular weight is 432 g/mol. The third-order valence-corrected chi connectivity index (χ3v) is 6.19. The van der Waals surface area contributed by atoms with E-state index in [-0.39, 0.29) is 0 Å². The molecule has 0 radical (unpaired) electrons. The minimum absolute atomic E-state index is 0.394. The van der Waals surface area contributed by atoms with E-state index in [1.54, 1.807) is 0 Å². The van der Waals surface area contributed by atoms with Crippen LogP contribution in [0.2, 0.25) is 0 Å². The molecule has 1 aliphatic heterocycles. The molecule has 4 nitrogen and oxygen atoms in total. The third kappa shape index (κ3) is 3.70. The van der Waals surface area contributed by atoms with Crippen LogP contribution in [0.1, 0.15) is 28.3 Å². The van der Waals surface area contributed by atoms with Gasteiger partial charge < -0.3 is 10.6 Å². The van der Waals surface area contributed by atoms with Crippen molar-refractivity contribution in [2.24, 2.45) is 10.7 Å². The van der Waals surface area contributed by atoms with Gasteiger partial charge in [-0.3, -0.25) is 4.79 Å². The number of primary amides is 1. The Morgan fingerprint density at radius 3 is 1.85 bits per heavy atom. The van der Waals surface area contributed by atoms with Crippen molar-refractivity contribution in [1.29, 1.82) is 0 Å². The Labute approximate surface area is 194 Å². The predicted octanol–water partition coefficient (Wildman–Crippen LogP) is 5.07. The number of benzene rings is 4. The molecule has 2 atom stereocenters. The van der Waals surface area contributed by atoms with Crippen LogP contribution in [0.5, 0.6) is 0 Å². The van der Waals surface area contributed by atoms with Gasteiger partial charge in [-0.05, 0) is 16.7 Å². The normalized spacial score (nSPS) is 19.8. The Morgan fingerprint density at radius 1 is 0.758 bits per heavy atom. The lowest BCUT2D eigenvalue weighted by Crippen LogP contribution is -2.46. The summed E-state index contributed by atoms with van der Waals surface area (Å²) in [6.45, 7) is 0.593. The van der Waals surface area contributed by atoms with E-state index in [0.717, 1.165) is 28.1 Å². The summed E-state index contributed by atoms with van der Waals surface area (Å²) >= 11 is 0. The number of carbonyl (C=O) groups excluding carboxylic acids is 1. The Morgan fingerprint density at radius 2 is 1.27 bits per heavy atom. The molecule has 0 bridgehead atoms. The van der Waals surface area contributed by atoms with Gasteiger partial charge in [0.25, 0.3) is 5.91 Å². The molecule has 0 saturated carbocycles. The van der Waals surface area contributed by atoms with Gasteiger partial charge in [-0.25, -0.2) is 4.99 Å². The van der Waals surface area contributed by atoms with Crippen LogP contribution < -0.4 is 5.73 Å². The van der Waals surface area contributed by atoms with Gasteiger partial charge in [0.1, 0.15) is 5.84 Å². The Bertz CT molecular complexity index is 1260. The molecule has 0 aromatic heterocycles. The number of amidine groups is 1. The largest absolute Gasteiger partial charge is 0.367 e. The molecule has 1 heterocycles. The van der Waals surface area contributed by atoms with Gasteiger partial charge in [-0.2, -0.15) is 0 Å². The average Bonchev–Trinajstić information content (AvgIpc) is 3.22. The highest BCUT2D eigenvalue weighted by Crippen LogP contribution is 2.48. The van der Waals surface area contributed by atoms with E-state index in [9.17, 15) is 4.79 Å². The summed E-state index contributed by atoms with van der Waals surface area (Å²) < 4.78 is 0. The minimum atomic E-state index is -1.26. The van der Waals surface area contributed by atoms with Crippen LogP contribution in [0.25, 0.3) is 0 Å². The van der Waals surface area contributed by atoms with Gasteiger partial charge in [-0.15, -0.1) is 0 Å². The maximum atomic E-state index is 13.4. The Hall–Kier alpha value is -4.18. The maximum absolute atomic E-state index is 13.4. The van der Waals surface area contributed by atoms with E-state index in [2.05, 4.69) is 17.0 Å². The zero-order valence-electron chi connectivity index (χ0n) is 18.2. The number of nitrogens with two attached hydrogens (primary N) is 1. The molecule has 0 fully saturated rings. The summed E-state index contributed by atoms with van der Waals surface area (Å²) in [5.41, 5.74) is 8.82. The second kappa shape index (κ2) is 8.75. The van der Waals surface area contributed by atoms with Crippen molar-refractivity contribution in [3.8, 4) is 0 Å². The van der Waals surface area contributed by atoms with Gasteiger partial charge in [-0.1, -0.05) is 121 Å². The summed E-state index contributed by atoms with van der Waals surface area (Å²) in [7, 11) is 0. The van der Waals surface area contributed by atoms with Crippen LogP contribution in [-0.2, 0) is 16.9 Å². The zero-order chi connectivity index (χ0) is 22.7. The fourth-order valence-corrected chi connectivity index (χ4v) is 4.71. The molecule has 33 heavy (non-hydrogen) atoms. The first kappa shape index (κ1) is 20.7. The summed E-state index contributed by atoms with van der Waals surface area (Å²) in [6.07, 6.45) is 0. The lowest BCUT2D eigenvalue weighted by atomic mass is 9.79. The smallest absolute Gasteiger partial charge is 0.252 e. The zero-order valence-corrected chi connectivity index (χ0v) is 18.2. The van der Waals surface area contributed by atoms with E-state index < -0.39 is 17.5 Å². The highest BCUT2D eigenvalue weighted by atomic mass is 16.1. The number of nitrogens with zero attached hydrogens (tertiary/aromatic N) is 2. The van der Waals surface area contributed by atoms with Gasteiger partial charge in [0.15, 0.2) is 5.54 Å².